The molecule has 3 nitrogen and oxygen atoms in total. The number of para-hydroxylation sites is 1. The van der Waals surface area contributed by atoms with Gasteiger partial charge in [-0.05, 0) is 37.3 Å². The second-order valence-corrected chi connectivity index (χ2v) is 5.99. The standard InChI is InChI=1S/C17H27NO2/c1-11(2)13(5)18-17(19)14(6)20-16-10-8-7-9-15(16)12(3)4/h7-14H,1-6H3,(H,18,19)/t13-,14-/m1/s1. The first-order valence-corrected chi connectivity index (χ1v) is 7.38. The highest BCUT2D eigenvalue weighted by atomic mass is 16.5. The number of nitrogens with one attached hydrogen (secondary N) is 1. The van der Waals surface area contributed by atoms with Crippen molar-refractivity contribution in [1.82, 2.24) is 5.32 Å². The zero-order valence-electron chi connectivity index (χ0n) is 13.4. The van der Waals surface area contributed by atoms with Gasteiger partial charge in [-0.15, -0.1) is 0 Å². The van der Waals surface area contributed by atoms with Crippen molar-refractivity contribution >= 4 is 5.91 Å². The minimum atomic E-state index is -0.490. The average Bonchev–Trinajstić information content (AvgIpc) is 2.38. The summed E-state index contributed by atoms with van der Waals surface area (Å²) in [4.78, 5) is 12.1. The summed E-state index contributed by atoms with van der Waals surface area (Å²) in [6.07, 6.45) is -0.490. The number of ether oxygens (including phenoxy) is 1. The summed E-state index contributed by atoms with van der Waals surface area (Å²) in [7, 11) is 0. The highest BCUT2D eigenvalue weighted by Crippen LogP contribution is 2.26. The largest absolute Gasteiger partial charge is 0.481 e. The van der Waals surface area contributed by atoms with Gasteiger partial charge in [-0.2, -0.15) is 0 Å². The van der Waals surface area contributed by atoms with Crippen molar-refractivity contribution in [3.63, 3.8) is 0 Å². The molecule has 0 unspecified atom stereocenters. The van der Waals surface area contributed by atoms with Gasteiger partial charge in [0.05, 0.1) is 0 Å². The second-order valence-electron chi connectivity index (χ2n) is 5.99. The van der Waals surface area contributed by atoms with Gasteiger partial charge in [0.25, 0.3) is 5.91 Å². The van der Waals surface area contributed by atoms with Gasteiger partial charge in [0.15, 0.2) is 6.10 Å². The van der Waals surface area contributed by atoms with Crippen molar-refractivity contribution in [2.45, 2.75) is 59.6 Å². The molecule has 3 heteroatoms. The monoisotopic (exact) mass is 277 g/mol. The summed E-state index contributed by atoms with van der Waals surface area (Å²) in [5, 5.41) is 2.98. The van der Waals surface area contributed by atoms with Gasteiger partial charge >= 0.3 is 0 Å². The van der Waals surface area contributed by atoms with Crippen LogP contribution in [0.4, 0.5) is 0 Å². The summed E-state index contributed by atoms with van der Waals surface area (Å²) in [5.74, 6) is 1.51. The molecule has 0 bridgehead atoms. The van der Waals surface area contributed by atoms with E-state index < -0.39 is 6.10 Å². The quantitative estimate of drug-likeness (QED) is 0.860. The molecular weight excluding hydrogens is 250 g/mol. The van der Waals surface area contributed by atoms with Gasteiger partial charge in [0.2, 0.25) is 0 Å². The van der Waals surface area contributed by atoms with Gasteiger partial charge in [-0.1, -0.05) is 45.9 Å². The van der Waals surface area contributed by atoms with Crippen molar-refractivity contribution in [2.24, 2.45) is 5.92 Å². The van der Waals surface area contributed by atoms with E-state index in [0.717, 1.165) is 11.3 Å². The van der Waals surface area contributed by atoms with E-state index in [1.54, 1.807) is 6.92 Å². The van der Waals surface area contributed by atoms with E-state index in [4.69, 9.17) is 4.74 Å². The molecular formula is C17H27NO2. The van der Waals surface area contributed by atoms with Crippen LogP contribution in [0.5, 0.6) is 5.75 Å². The molecule has 1 aromatic carbocycles. The third-order valence-corrected chi connectivity index (χ3v) is 3.58. The zero-order valence-corrected chi connectivity index (χ0v) is 13.4. The fourth-order valence-electron chi connectivity index (χ4n) is 1.82. The Hall–Kier alpha value is -1.51. The Balaban J connectivity index is 2.71. The smallest absolute Gasteiger partial charge is 0.260 e. The van der Waals surface area contributed by atoms with Crippen LogP contribution in [0.1, 0.15) is 53.0 Å². The van der Waals surface area contributed by atoms with Crippen LogP contribution in [0.25, 0.3) is 0 Å². The summed E-state index contributed by atoms with van der Waals surface area (Å²) in [6.45, 7) is 12.2. The summed E-state index contributed by atoms with van der Waals surface area (Å²) in [6, 6.07) is 8.04. The number of benzene rings is 1. The molecule has 0 aliphatic heterocycles. The molecule has 0 heterocycles. The lowest BCUT2D eigenvalue weighted by Crippen LogP contribution is -2.43. The highest BCUT2D eigenvalue weighted by Gasteiger charge is 2.19. The zero-order chi connectivity index (χ0) is 15.3. The van der Waals surface area contributed by atoms with Gasteiger partial charge in [-0.25, -0.2) is 0 Å². The van der Waals surface area contributed by atoms with Crippen molar-refractivity contribution < 1.29 is 9.53 Å². The van der Waals surface area contributed by atoms with Crippen LogP contribution < -0.4 is 10.1 Å². The third-order valence-electron chi connectivity index (χ3n) is 3.58. The lowest BCUT2D eigenvalue weighted by molar-refractivity contribution is -0.128. The first-order chi connectivity index (χ1) is 9.32. The molecule has 0 aliphatic carbocycles. The van der Waals surface area contributed by atoms with Crippen LogP contribution in [-0.2, 0) is 4.79 Å². The van der Waals surface area contributed by atoms with Crippen LogP contribution in [0.15, 0.2) is 24.3 Å². The van der Waals surface area contributed by atoms with Crippen molar-refractivity contribution in [3.8, 4) is 5.75 Å². The highest BCUT2D eigenvalue weighted by molar-refractivity contribution is 5.81. The van der Waals surface area contributed by atoms with Crippen LogP contribution >= 0.6 is 0 Å². The molecule has 1 amide bonds. The van der Waals surface area contributed by atoms with E-state index in [0.29, 0.717) is 11.8 Å². The Bertz CT molecular complexity index is 440. The molecule has 1 rings (SSSR count). The van der Waals surface area contributed by atoms with E-state index in [1.165, 1.54) is 0 Å². The van der Waals surface area contributed by atoms with E-state index in [-0.39, 0.29) is 11.9 Å². The normalized spacial score (nSPS) is 14.2. The molecule has 20 heavy (non-hydrogen) atoms. The van der Waals surface area contributed by atoms with E-state index in [2.05, 4.69) is 33.0 Å². The predicted octanol–water partition coefficient (Wildman–Crippen LogP) is 3.74. The molecule has 0 saturated heterocycles. The molecule has 0 spiro atoms. The van der Waals surface area contributed by atoms with Crippen LogP contribution in [0.3, 0.4) is 0 Å². The molecule has 112 valence electrons. The molecule has 1 aromatic rings. The lowest BCUT2D eigenvalue weighted by atomic mass is 10.0. The van der Waals surface area contributed by atoms with Crippen molar-refractivity contribution in [1.29, 1.82) is 0 Å². The van der Waals surface area contributed by atoms with Gasteiger partial charge in [-0.3, -0.25) is 4.79 Å². The maximum atomic E-state index is 12.1. The minimum Gasteiger partial charge on any atom is -0.481 e. The first-order valence-electron chi connectivity index (χ1n) is 7.38. The SMILES string of the molecule is CC(C)c1ccccc1O[C@H](C)C(=O)N[C@H](C)C(C)C. The average molecular weight is 277 g/mol. The molecule has 0 aromatic heterocycles. The number of hydrogen-bond acceptors (Lipinski definition) is 2. The fourth-order valence-corrected chi connectivity index (χ4v) is 1.82. The van der Waals surface area contributed by atoms with E-state index in [9.17, 15) is 4.79 Å². The maximum Gasteiger partial charge on any atom is 0.260 e. The van der Waals surface area contributed by atoms with E-state index in [1.807, 2.05) is 31.2 Å². The Morgan fingerprint density at radius 3 is 2.20 bits per heavy atom. The van der Waals surface area contributed by atoms with E-state index >= 15 is 0 Å². The van der Waals surface area contributed by atoms with Gasteiger partial charge in [0.1, 0.15) is 5.75 Å². The number of amides is 1. The molecule has 0 saturated carbocycles. The minimum absolute atomic E-state index is 0.0650. The van der Waals surface area contributed by atoms with Crippen molar-refractivity contribution in [2.75, 3.05) is 0 Å². The van der Waals surface area contributed by atoms with Crippen LogP contribution in [-0.4, -0.2) is 18.1 Å². The molecule has 2 atom stereocenters. The number of carbonyl (C=O) groups is 1. The molecule has 0 radical (unpaired) electrons. The maximum absolute atomic E-state index is 12.1. The summed E-state index contributed by atoms with van der Waals surface area (Å²) >= 11 is 0. The summed E-state index contributed by atoms with van der Waals surface area (Å²) in [5.41, 5.74) is 1.13. The van der Waals surface area contributed by atoms with Crippen LogP contribution in [0.2, 0.25) is 0 Å². The van der Waals surface area contributed by atoms with Crippen molar-refractivity contribution in [3.05, 3.63) is 29.8 Å². The van der Waals surface area contributed by atoms with Gasteiger partial charge in [0, 0.05) is 6.04 Å². The second kappa shape index (κ2) is 7.32. The molecule has 0 fully saturated rings. The number of rotatable bonds is 6. The predicted molar refractivity (Wildman–Crippen MR) is 83.1 cm³/mol. The van der Waals surface area contributed by atoms with Gasteiger partial charge < -0.3 is 10.1 Å². The Morgan fingerprint density at radius 2 is 1.65 bits per heavy atom. The topological polar surface area (TPSA) is 38.3 Å². The number of hydrogen-bond donors (Lipinski definition) is 1. The Morgan fingerprint density at radius 1 is 1.05 bits per heavy atom. The van der Waals surface area contributed by atoms with Crippen LogP contribution in [0, 0.1) is 5.92 Å². The first kappa shape index (κ1) is 16.5. The third kappa shape index (κ3) is 4.55. The molecule has 1 N–H and O–H groups in total. The number of carbonyl (C=O) groups excluding carboxylic acids is 1. The fraction of sp³-hybridized carbons (Fsp3) is 0.588. The summed E-state index contributed by atoms with van der Waals surface area (Å²) < 4.78 is 5.84. The Kier molecular flexibility index (Phi) is 6.05. The Labute approximate surface area is 122 Å². The lowest BCUT2D eigenvalue weighted by Gasteiger charge is -2.22. The molecule has 0 aliphatic rings.